The molecule has 2 aromatic carbocycles. The third-order valence-electron chi connectivity index (χ3n) is 5.57. The summed E-state index contributed by atoms with van der Waals surface area (Å²) in [6, 6.07) is 13.2. The van der Waals surface area contributed by atoms with Gasteiger partial charge in [0.1, 0.15) is 18.2 Å². The molecule has 1 atom stereocenters. The molecular formula is C25H28ClFN4O3. The SMILES string of the molecule is CN(C(=O)CCc1ccc(F)cc1Cl)[C@@H](CCCN)COC(=O)Nc1cc2ccccc2cn1. The Morgan fingerprint density at radius 3 is 2.71 bits per heavy atom. The first-order chi connectivity index (χ1) is 16.4. The van der Waals surface area contributed by atoms with Gasteiger partial charge in [0, 0.05) is 30.1 Å². The Hall–Kier alpha value is -3.23. The van der Waals surface area contributed by atoms with E-state index in [1.165, 1.54) is 12.1 Å². The van der Waals surface area contributed by atoms with Crippen LogP contribution in [0.1, 0.15) is 24.8 Å². The Balaban J connectivity index is 1.55. The number of hydrogen-bond acceptors (Lipinski definition) is 5. The molecule has 0 saturated carbocycles. The monoisotopic (exact) mass is 486 g/mol. The Morgan fingerprint density at radius 1 is 1.21 bits per heavy atom. The van der Waals surface area contributed by atoms with Gasteiger partial charge in [0.05, 0.1) is 6.04 Å². The number of amides is 2. The van der Waals surface area contributed by atoms with Crippen LogP contribution in [-0.4, -0.2) is 48.1 Å². The fraction of sp³-hybridized carbons (Fsp3) is 0.320. The Bertz CT molecular complexity index is 1140. The molecule has 0 saturated heterocycles. The number of carbonyl (C=O) groups excluding carboxylic acids is 2. The van der Waals surface area contributed by atoms with Crippen molar-refractivity contribution >= 4 is 40.2 Å². The van der Waals surface area contributed by atoms with Crippen LogP contribution < -0.4 is 11.1 Å². The quantitative estimate of drug-likeness (QED) is 0.430. The first kappa shape index (κ1) is 25.4. The number of nitrogens with one attached hydrogen (secondary N) is 1. The standard InChI is InChI=1S/C25H28ClFN4O3/c1-31(24(32)11-9-17-8-10-20(27)14-22(17)26)21(7-4-12-28)16-34-25(33)30-23-13-18-5-2-3-6-19(18)15-29-23/h2-3,5-6,8,10,13-15,21H,4,7,9,11-12,16,28H2,1H3,(H,29,30,33)/t21-/m0/s1. The highest BCUT2D eigenvalue weighted by Gasteiger charge is 2.22. The number of nitrogens with two attached hydrogens (primary N) is 1. The van der Waals surface area contributed by atoms with E-state index in [1.54, 1.807) is 30.3 Å². The third kappa shape index (κ3) is 7.13. The summed E-state index contributed by atoms with van der Waals surface area (Å²) >= 11 is 6.06. The number of aryl methyl sites for hydroxylation is 1. The lowest BCUT2D eigenvalue weighted by atomic mass is 10.1. The van der Waals surface area contributed by atoms with Crippen molar-refractivity contribution in [1.82, 2.24) is 9.88 Å². The fourth-order valence-corrected chi connectivity index (χ4v) is 3.81. The molecule has 0 bridgehead atoms. The van der Waals surface area contributed by atoms with Crippen molar-refractivity contribution in [2.45, 2.75) is 31.7 Å². The number of pyridine rings is 1. The number of aromatic nitrogens is 1. The largest absolute Gasteiger partial charge is 0.447 e. The van der Waals surface area contributed by atoms with Gasteiger partial charge in [0.15, 0.2) is 0 Å². The molecule has 0 radical (unpaired) electrons. The number of benzene rings is 2. The Kier molecular flexibility index (Phi) is 9.18. The number of ether oxygens (including phenoxy) is 1. The van der Waals surface area contributed by atoms with Crippen LogP contribution in [0.5, 0.6) is 0 Å². The molecule has 7 nitrogen and oxygen atoms in total. The van der Waals surface area contributed by atoms with E-state index in [4.69, 9.17) is 22.1 Å². The lowest BCUT2D eigenvalue weighted by Gasteiger charge is -2.28. The van der Waals surface area contributed by atoms with Crippen LogP contribution in [0.25, 0.3) is 10.8 Å². The summed E-state index contributed by atoms with van der Waals surface area (Å²) in [5.74, 6) is -0.182. The highest BCUT2D eigenvalue weighted by atomic mass is 35.5. The van der Waals surface area contributed by atoms with Gasteiger partial charge in [-0.15, -0.1) is 0 Å². The van der Waals surface area contributed by atoms with Gasteiger partial charge in [-0.2, -0.15) is 0 Å². The molecule has 3 N–H and O–H groups in total. The molecule has 9 heteroatoms. The molecule has 34 heavy (non-hydrogen) atoms. The summed E-state index contributed by atoms with van der Waals surface area (Å²) in [5, 5.41) is 4.82. The molecule has 0 spiro atoms. The fourth-order valence-electron chi connectivity index (χ4n) is 3.55. The van der Waals surface area contributed by atoms with E-state index in [-0.39, 0.29) is 30.0 Å². The van der Waals surface area contributed by atoms with Crippen molar-refractivity contribution in [3.05, 3.63) is 71.1 Å². The maximum absolute atomic E-state index is 13.2. The summed E-state index contributed by atoms with van der Waals surface area (Å²) in [5.41, 5.74) is 6.34. The van der Waals surface area contributed by atoms with E-state index < -0.39 is 11.9 Å². The third-order valence-corrected chi connectivity index (χ3v) is 5.93. The minimum atomic E-state index is -0.653. The molecule has 0 unspecified atom stereocenters. The first-order valence-electron chi connectivity index (χ1n) is 11.1. The van der Waals surface area contributed by atoms with Crippen molar-refractivity contribution in [3.8, 4) is 0 Å². The zero-order valence-electron chi connectivity index (χ0n) is 19.0. The Labute approximate surface area is 203 Å². The molecule has 0 aliphatic rings. The summed E-state index contributed by atoms with van der Waals surface area (Å²) in [7, 11) is 1.67. The van der Waals surface area contributed by atoms with Crippen molar-refractivity contribution in [2.75, 3.05) is 25.5 Å². The van der Waals surface area contributed by atoms with Gasteiger partial charge in [-0.05, 0) is 55.0 Å². The lowest BCUT2D eigenvalue weighted by Crippen LogP contribution is -2.41. The topological polar surface area (TPSA) is 97.5 Å². The van der Waals surface area contributed by atoms with Crippen LogP contribution >= 0.6 is 11.6 Å². The predicted molar refractivity (Wildman–Crippen MR) is 131 cm³/mol. The van der Waals surface area contributed by atoms with Crippen LogP contribution in [0.4, 0.5) is 15.0 Å². The molecule has 0 fully saturated rings. The number of nitrogens with zero attached hydrogens (tertiary/aromatic N) is 2. The van der Waals surface area contributed by atoms with Gasteiger partial charge in [0.2, 0.25) is 5.91 Å². The second-order valence-corrected chi connectivity index (χ2v) is 8.37. The molecule has 1 aromatic heterocycles. The first-order valence-corrected chi connectivity index (χ1v) is 11.4. The number of hydrogen-bond donors (Lipinski definition) is 2. The average molecular weight is 487 g/mol. The van der Waals surface area contributed by atoms with Crippen molar-refractivity contribution in [1.29, 1.82) is 0 Å². The van der Waals surface area contributed by atoms with Gasteiger partial charge in [-0.3, -0.25) is 10.1 Å². The molecule has 1 heterocycles. The second kappa shape index (κ2) is 12.3. The highest BCUT2D eigenvalue weighted by molar-refractivity contribution is 6.31. The van der Waals surface area contributed by atoms with Crippen LogP contribution in [-0.2, 0) is 16.0 Å². The Morgan fingerprint density at radius 2 is 1.97 bits per heavy atom. The molecule has 180 valence electrons. The van der Waals surface area contributed by atoms with Crippen LogP contribution in [0.3, 0.4) is 0 Å². The predicted octanol–water partition coefficient (Wildman–Crippen LogP) is 4.77. The zero-order valence-corrected chi connectivity index (χ0v) is 19.7. The highest BCUT2D eigenvalue weighted by Crippen LogP contribution is 2.20. The van der Waals surface area contributed by atoms with Gasteiger partial charge < -0.3 is 15.4 Å². The zero-order chi connectivity index (χ0) is 24.5. The van der Waals surface area contributed by atoms with E-state index in [9.17, 15) is 14.0 Å². The van der Waals surface area contributed by atoms with E-state index in [1.807, 2.05) is 24.3 Å². The number of anilines is 1. The second-order valence-electron chi connectivity index (χ2n) is 7.97. The number of fused-ring (bicyclic) bond motifs is 1. The van der Waals surface area contributed by atoms with E-state index in [2.05, 4.69) is 10.3 Å². The molecule has 3 rings (SSSR count). The minimum Gasteiger partial charge on any atom is -0.447 e. The smallest absolute Gasteiger partial charge is 0.412 e. The molecule has 0 aliphatic carbocycles. The maximum Gasteiger partial charge on any atom is 0.412 e. The number of rotatable bonds is 10. The summed E-state index contributed by atoms with van der Waals surface area (Å²) in [6.45, 7) is 0.468. The van der Waals surface area contributed by atoms with E-state index >= 15 is 0 Å². The van der Waals surface area contributed by atoms with Gasteiger partial charge in [-0.1, -0.05) is 41.9 Å². The number of likely N-dealkylation sites (N-methyl/N-ethyl adjacent to an activating group) is 1. The molecular weight excluding hydrogens is 459 g/mol. The van der Waals surface area contributed by atoms with Crippen molar-refractivity contribution in [2.24, 2.45) is 5.73 Å². The maximum atomic E-state index is 13.2. The van der Waals surface area contributed by atoms with Gasteiger partial charge in [-0.25, -0.2) is 14.2 Å². The van der Waals surface area contributed by atoms with Crippen molar-refractivity contribution in [3.63, 3.8) is 0 Å². The minimum absolute atomic E-state index is 0.0129. The number of halogens is 2. The molecule has 3 aromatic rings. The normalized spacial score (nSPS) is 11.8. The molecule has 0 aliphatic heterocycles. The van der Waals surface area contributed by atoms with Gasteiger partial charge in [0.25, 0.3) is 0 Å². The van der Waals surface area contributed by atoms with E-state index in [0.717, 1.165) is 10.8 Å². The van der Waals surface area contributed by atoms with Gasteiger partial charge >= 0.3 is 6.09 Å². The molecule has 2 amide bonds. The summed E-state index contributed by atoms with van der Waals surface area (Å²) in [6.07, 6.45) is 2.84. The van der Waals surface area contributed by atoms with Crippen LogP contribution in [0.2, 0.25) is 5.02 Å². The summed E-state index contributed by atoms with van der Waals surface area (Å²) in [4.78, 5) is 30.9. The number of carbonyl (C=O) groups is 2. The lowest BCUT2D eigenvalue weighted by molar-refractivity contribution is -0.132. The van der Waals surface area contributed by atoms with Crippen LogP contribution in [0, 0.1) is 5.82 Å². The average Bonchev–Trinajstić information content (AvgIpc) is 2.83. The van der Waals surface area contributed by atoms with Crippen LogP contribution in [0.15, 0.2) is 54.7 Å². The van der Waals surface area contributed by atoms with Crippen molar-refractivity contribution < 1.29 is 18.7 Å². The summed E-state index contributed by atoms with van der Waals surface area (Å²) < 4.78 is 18.6. The van der Waals surface area contributed by atoms with E-state index in [0.29, 0.717) is 37.2 Å².